The number of nitrogens with two attached hydrogens (primary N) is 1. The molecule has 1 fully saturated rings. The fourth-order valence-corrected chi connectivity index (χ4v) is 2.00. The van der Waals surface area contributed by atoms with Gasteiger partial charge in [-0.15, -0.1) is 0 Å². The summed E-state index contributed by atoms with van der Waals surface area (Å²) in [5.41, 5.74) is 5.27. The molecule has 0 saturated carbocycles. The van der Waals surface area contributed by atoms with E-state index in [9.17, 15) is 9.59 Å². The van der Waals surface area contributed by atoms with Gasteiger partial charge in [-0.2, -0.15) is 0 Å². The van der Waals surface area contributed by atoms with Crippen molar-refractivity contribution in [1.82, 2.24) is 4.90 Å². The number of hydrogen-bond acceptors (Lipinski definition) is 4. The lowest BCUT2D eigenvalue weighted by atomic mass is 10.0. The standard InChI is InChI=1S/C13H24N2O3/c1-13(2,3)18-11(16)9-15-8-6-4-5-7-10(14)12(15)17/h10H,4-9,14H2,1-3H3/t10-/m1/s1. The Labute approximate surface area is 109 Å². The third kappa shape index (κ3) is 5.04. The highest BCUT2D eigenvalue weighted by Gasteiger charge is 2.26. The van der Waals surface area contributed by atoms with E-state index in [0.717, 1.165) is 19.3 Å². The molecule has 1 atom stereocenters. The first-order chi connectivity index (χ1) is 8.29. The Hall–Kier alpha value is -1.10. The third-order valence-electron chi connectivity index (χ3n) is 2.81. The zero-order chi connectivity index (χ0) is 13.8. The zero-order valence-corrected chi connectivity index (χ0v) is 11.6. The molecule has 5 heteroatoms. The smallest absolute Gasteiger partial charge is 0.326 e. The van der Waals surface area contributed by atoms with E-state index in [1.54, 1.807) is 0 Å². The molecule has 18 heavy (non-hydrogen) atoms. The van der Waals surface area contributed by atoms with Crippen LogP contribution in [0.4, 0.5) is 0 Å². The van der Waals surface area contributed by atoms with E-state index >= 15 is 0 Å². The Morgan fingerprint density at radius 3 is 2.67 bits per heavy atom. The van der Waals surface area contributed by atoms with Crippen molar-refractivity contribution in [1.29, 1.82) is 0 Å². The van der Waals surface area contributed by atoms with E-state index in [1.807, 2.05) is 20.8 Å². The minimum atomic E-state index is -0.523. The van der Waals surface area contributed by atoms with Gasteiger partial charge in [0.15, 0.2) is 0 Å². The SMILES string of the molecule is CC(C)(C)OC(=O)CN1CCCCC[C@@H](N)C1=O. The number of esters is 1. The molecule has 0 spiro atoms. The number of nitrogens with zero attached hydrogens (tertiary/aromatic N) is 1. The zero-order valence-electron chi connectivity index (χ0n) is 11.6. The number of likely N-dealkylation sites (tertiary alicyclic amines) is 1. The van der Waals surface area contributed by atoms with Crippen LogP contribution in [0, 0.1) is 0 Å². The summed E-state index contributed by atoms with van der Waals surface area (Å²) in [4.78, 5) is 25.2. The lowest BCUT2D eigenvalue weighted by Gasteiger charge is -2.28. The largest absolute Gasteiger partial charge is 0.459 e. The topological polar surface area (TPSA) is 72.6 Å². The van der Waals surface area contributed by atoms with Gasteiger partial charge in [0.1, 0.15) is 12.1 Å². The lowest BCUT2D eigenvalue weighted by Crippen LogP contribution is -2.48. The van der Waals surface area contributed by atoms with Gasteiger partial charge < -0.3 is 15.4 Å². The van der Waals surface area contributed by atoms with Crippen LogP contribution in [0.5, 0.6) is 0 Å². The van der Waals surface area contributed by atoms with Gasteiger partial charge in [0.2, 0.25) is 5.91 Å². The van der Waals surface area contributed by atoms with Crippen molar-refractivity contribution in [2.24, 2.45) is 5.73 Å². The summed E-state index contributed by atoms with van der Waals surface area (Å²) in [5, 5.41) is 0. The minimum absolute atomic E-state index is 0.00377. The molecule has 0 bridgehead atoms. The quantitative estimate of drug-likeness (QED) is 0.750. The maximum absolute atomic E-state index is 12.0. The molecule has 0 aliphatic carbocycles. The lowest BCUT2D eigenvalue weighted by molar-refractivity contribution is -0.159. The van der Waals surface area contributed by atoms with Crippen molar-refractivity contribution in [2.75, 3.05) is 13.1 Å². The van der Waals surface area contributed by atoms with Crippen molar-refractivity contribution < 1.29 is 14.3 Å². The summed E-state index contributed by atoms with van der Waals surface area (Å²) in [7, 11) is 0. The number of hydrogen-bond donors (Lipinski definition) is 1. The highest BCUT2D eigenvalue weighted by Crippen LogP contribution is 2.12. The van der Waals surface area contributed by atoms with E-state index in [0.29, 0.717) is 13.0 Å². The molecule has 1 aliphatic rings. The van der Waals surface area contributed by atoms with Crippen molar-refractivity contribution in [3.63, 3.8) is 0 Å². The van der Waals surface area contributed by atoms with E-state index in [2.05, 4.69) is 0 Å². The Balaban J connectivity index is 2.56. The predicted octanol–water partition coefficient (Wildman–Crippen LogP) is 1.06. The molecule has 104 valence electrons. The second kappa shape index (κ2) is 6.18. The molecule has 5 nitrogen and oxygen atoms in total. The molecule has 1 amide bonds. The molecular weight excluding hydrogens is 232 g/mol. The molecule has 1 rings (SSSR count). The molecule has 0 aromatic heterocycles. The summed E-state index contributed by atoms with van der Waals surface area (Å²) in [6, 6.07) is -0.479. The summed E-state index contributed by atoms with van der Waals surface area (Å²) in [6.45, 7) is 6.03. The Kier molecular flexibility index (Phi) is 5.14. The van der Waals surface area contributed by atoms with E-state index in [4.69, 9.17) is 10.5 Å². The van der Waals surface area contributed by atoms with E-state index < -0.39 is 11.6 Å². The van der Waals surface area contributed by atoms with Gasteiger partial charge in [0.05, 0.1) is 6.04 Å². The van der Waals surface area contributed by atoms with Crippen molar-refractivity contribution in [3.8, 4) is 0 Å². The second-order valence-corrected chi connectivity index (χ2v) is 5.80. The Morgan fingerprint density at radius 2 is 2.06 bits per heavy atom. The van der Waals surface area contributed by atoms with E-state index in [-0.39, 0.29) is 18.4 Å². The summed E-state index contributed by atoms with van der Waals surface area (Å²) >= 11 is 0. The average Bonchev–Trinajstić information content (AvgIpc) is 2.21. The van der Waals surface area contributed by atoms with Crippen LogP contribution in [0.1, 0.15) is 46.5 Å². The van der Waals surface area contributed by atoms with Crippen LogP contribution in [-0.2, 0) is 14.3 Å². The summed E-state index contributed by atoms with van der Waals surface area (Å²) in [5.74, 6) is -0.510. The second-order valence-electron chi connectivity index (χ2n) is 5.80. The first-order valence-corrected chi connectivity index (χ1v) is 6.56. The van der Waals surface area contributed by atoms with Crippen LogP contribution in [0.3, 0.4) is 0 Å². The monoisotopic (exact) mass is 256 g/mol. The molecule has 0 aromatic rings. The maximum atomic E-state index is 12.0. The number of carbonyl (C=O) groups excluding carboxylic acids is 2. The van der Waals surface area contributed by atoms with E-state index in [1.165, 1.54) is 4.90 Å². The highest BCUT2D eigenvalue weighted by molar-refractivity contribution is 5.85. The molecule has 1 aliphatic heterocycles. The average molecular weight is 256 g/mol. The van der Waals surface area contributed by atoms with Crippen molar-refractivity contribution in [2.45, 2.75) is 58.1 Å². The van der Waals surface area contributed by atoms with Crippen LogP contribution in [0.25, 0.3) is 0 Å². The van der Waals surface area contributed by atoms with Crippen molar-refractivity contribution in [3.05, 3.63) is 0 Å². The molecule has 0 radical (unpaired) electrons. The molecular formula is C13H24N2O3. The summed E-state index contributed by atoms with van der Waals surface area (Å²) < 4.78 is 5.22. The minimum Gasteiger partial charge on any atom is -0.459 e. The van der Waals surface area contributed by atoms with Gasteiger partial charge >= 0.3 is 5.97 Å². The normalized spacial score (nSPS) is 22.3. The maximum Gasteiger partial charge on any atom is 0.326 e. The predicted molar refractivity (Wildman–Crippen MR) is 68.9 cm³/mol. The summed E-state index contributed by atoms with van der Waals surface area (Å²) in [6.07, 6.45) is 3.64. The van der Waals surface area contributed by atoms with Crippen LogP contribution in [0.15, 0.2) is 0 Å². The van der Waals surface area contributed by atoms with Crippen LogP contribution in [-0.4, -0.2) is 41.5 Å². The number of carbonyl (C=O) groups is 2. The fourth-order valence-electron chi connectivity index (χ4n) is 2.00. The number of rotatable bonds is 2. The van der Waals surface area contributed by atoms with Crippen LogP contribution >= 0.6 is 0 Å². The molecule has 2 N–H and O–H groups in total. The van der Waals surface area contributed by atoms with Gasteiger partial charge in [-0.05, 0) is 33.6 Å². The van der Waals surface area contributed by atoms with Crippen LogP contribution in [0.2, 0.25) is 0 Å². The molecule has 1 saturated heterocycles. The van der Waals surface area contributed by atoms with Gasteiger partial charge in [0, 0.05) is 6.54 Å². The molecule has 1 heterocycles. The molecule has 0 aromatic carbocycles. The van der Waals surface area contributed by atoms with Gasteiger partial charge in [-0.1, -0.05) is 12.8 Å². The number of ether oxygens (including phenoxy) is 1. The van der Waals surface area contributed by atoms with Gasteiger partial charge in [-0.3, -0.25) is 9.59 Å². The van der Waals surface area contributed by atoms with Gasteiger partial charge in [-0.25, -0.2) is 0 Å². The van der Waals surface area contributed by atoms with Crippen LogP contribution < -0.4 is 5.73 Å². The third-order valence-corrected chi connectivity index (χ3v) is 2.81. The highest BCUT2D eigenvalue weighted by atomic mass is 16.6. The fraction of sp³-hybridized carbons (Fsp3) is 0.846. The number of amides is 1. The van der Waals surface area contributed by atoms with Crippen molar-refractivity contribution >= 4 is 11.9 Å². The first kappa shape index (κ1) is 15.0. The Bertz CT molecular complexity index is 310. The molecule has 0 unspecified atom stereocenters. The van der Waals surface area contributed by atoms with Gasteiger partial charge in [0.25, 0.3) is 0 Å². The first-order valence-electron chi connectivity index (χ1n) is 6.56. The Morgan fingerprint density at radius 1 is 1.39 bits per heavy atom.